The number of fused-ring (bicyclic) bond motifs is 1. The summed E-state index contributed by atoms with van der Waals surface area (Å²) < 4.78 is 6.18. The van der Waals surface area contributed by atoms with Gasteiger partial charge in [-0.25, -0.2) is 9.97 Å². The van der Waals surface area contributed by atoms with E-state index in [0.717, 1.165) is 106 Å². The number of likely N-dealkylation sites (N-methyl/N-ethyl adjacent to an activating group) is 2. The molecule has 65 heavy (non-hydrogen) atoms. The molecule has 2 amide bonds. The van der Waals surface area contributed by atoms with Crippen molar-refractivity contribution in [1.29, 1.82) is 5.26 Å². The van der Waals surface area contributed by atoms with E-state index in [2.05, 4.69) is 61.9 Å². The molecule has 0 bridgehead atoms. The van der Waals surface area contributed by atoms with Crippen molar-refractivity contribution in [3.63, 3.8) is 0 Å². The number of benzene rings is 3. The van der Waals surface area contributed by atoms with Crippen LogP contribution in [0.4, 0.5) is 11.6 Å². The summed E-state index contributed by atoms with van der Waals surface area (Å²) in [5.41, 5.74) is 4.49. The van der Waals surface area contributed by atoms with E-state index in [-0.39, 0.29) is 35.3 Å². The molecule has 1 aromatic heterocycles. The van der Waals surface area contributed by atoms with Gasteiger partial charge in [0.1, 0.15) is 24.7 Å². The van der Waals surface area contributed by atoms with E-state index < -0.39 is 11.9 Å². The molecule has 0 saturated carbocycles. The molecular formula is C50H58ClN9O5. The number of nitrogens with one attached hydrogen (secondary N) is 1. The summed E-state index contributed by atoms with van der Waals surface area (Å²) in [6, 6.07) is 23.2. The predicted octanol–water partition coefficient (Wildman–Crippen LogP) is 5.61. The molecule has 8 rings (SSSR count). The molecule has 5 heterocycles. The molecule has 1 N–H and O–H groups in total. The van der Waals surface area contributed by atoms with E-state index >= 15 is 0 Å². The average Bonchev–Trinajstić information content (AvgIpc) is 3.91. The number of ether oxygens (including phenoxy) is 1. The normalized spacial score (nSPS) is 19.8. The number of amides is 2. The Balaban J connectivity index is 0.784. The lowest BCUT2D eigenvalue weighted by molar-refractivity contribution is -0.125. The van der Waals surface area contributed by atoms with Crippen molar-refractivity contribution in [2.45, 2.75) is 69.7 Å². The van der Waals surface area contributed by atoms with Crippen molar-refractivity contribution in [2.75, 3.05) is 76.3 Å². The van der Waals surface area contributed by atoms with Crippen LogP contribution < -0.4 is 19.9 Å². The van der Waals surface area contributed by atoms with Crippen LogP contribution in [0, 0.1) is 23.2 Å². The molecule has 4 aliphatic rings. The summed E-state index contributed by atoms with van der Waals surface area (Å²) in [7, 11) is 3.04. The first kappa shape index (κ1) is 45.7. The van der Waals surface area contributed by atoms with E-state index in [1.165, 1.54) is 19.0 Å². The lowest BCUT2D eigenvalue weighted by atomic mass is 9.78. The van der Waals surface area contributed by atoms with Gasteiger partial charge in [-0.3, -0.25) is 24.2 Å². The third-order valence-corrected chi connectivity index (χ3v) is 14.5. The van der Waals surface area contributed by atoms with Crippen molar-refractivity contribution >= 4 is 47.6 Å². The molecule has 4 aliphatic heterocycles. The van der Waals surface area contributed by atoms with Crippen LogP contribution in [0.15, 0.2) is 72.9 Å². The molecule has 3 unspecified atom stereocenters. The number of likely N-dealkylation sites (tertiary alicyclic amines) is 2. The molecule has 340 valence electrons. The zero-order chi connectivity index (χ0) is 45.8. The lowest BCUT2D eigenvalue weighted by Crippen LogP contribution is -2.62. The number of carbonyl (C=O) groups is 4. The van der Waals surface area contributed by atoms with Crippen LogP contribution in [0.3, 0.4) is 0 Å². The Morgan fingerprint density at radius 1 is 0.923 bits per heavy atom. The molecule has 4 saturated heterocycles. The molecule has 15 heteroatoms. The van der Waals surface area contributed by atoms with Gasteiger partial charge in [0, 0.05) is 113 Å². The number of hydrogen-bond acceptors (Lipinski definition) is 12. The van der Waals surface area contributed by atoms with Crippen LogP contribution in [0.1, 0.15) is 82.6 Å². The minimum absolute atomic E-state index is 0.143. The second kappa shape index (κ2) is 19.7. The first-order valence-corrected chi connectivity index (χ1v) is 23.0. The van der Waals surface area contributed by atoms with Gasteiger partial charge in [-0.1, -0.05) is 37.6 Å². The van der Waals surface area contributed by atoms with E-state index in [0.29, 0.717) is 47.4 Å². The van der Waals surface area contributed by atoms with Gasteiger partial charge >= 0.3 is 0 Å². The topological polar surface area (TPSA) is 155 Å². The number of aldehydes is 2. The third-order valence-electron chi connectivity index (χ3n) is 14.3. The zero-order valence-corrected chi connectivity index (χ0v) is 38.4. The summed E-state index contributed by atoms with van der Waals surface area (Å²) in [5, 5.41) is 12.6. The molecule has 3 atom stereocenters. The van der Waals surface area contributed by atoms with E-state index in [1.54, 1.807) is 18.2 Å². The minimum Gasteiger partial charge on any atom is -0.487 e. The predicted molar refractivity (Wildman–Crippen MR) is 250 cm³/mol. The van der Waals surface area contributed by atoms with E-state index in [4.69, 9.17) is 21.3 Å². The molecule has 3 aromatic carbocycles. The first-order valence-electron chi connectivity index (χ1n) is 22.6. The fraction of sp³-hybridized carbons (Fsp3) is 0.460. The Labute approximate surface area is 386 Å². The molecule has 4 fully saturated rings. The minimum atomic E-state index is -0.822. The second-order valence-corrected chi connectivity index (χ2v) is 18.9. The van der Waals surface area contributed by atoms with Gasteiger partial charge in [0.05, 0.1) is 22.9 Å². The Hall–Kier alpha value is -5.88. The molecule has 14 nitrogen and oxygen atoms in total. The highest BCUT2D eigenvalue weighted by molar-refractivity contribution is 6.30. The highest BCUT2D eigenvalue weighted by atomic mass is 35.5. The van der Waals surface area contributed by atoms with Crippen LogP contribution >= 0.6 is 11.6 Å². The van der Waals surface area contributed by atoms with Crippen molar-refractivity contribution in [1.82, 2.24) is 30.0 Å². The summed E-state index contributed by atoms with van der Waals surface area (Å²) in [4.78, 5) is 70.0. The summed E-state index contributed by atoms with van der Waals surface area (Å²) >= 11 is 6.32. The maximum atomic E-state index is 13.6. The Kier molecular flexibility index (Phi) is 13.8. The number of rotatable bonds is 16. The molecule has 4 aromatic rings. The SMILES string of the molecule is CNC(=O)C(CCC=O)N(C)C(=O)c1cc(N2CC(N3CCC(N4CC5CN(c6nccc(COc7ccc(C(C)(C)c8cc(Cl)cc(C#N)c8)cc7)n6)CC5C4)CC3)C2)ccc1C=O. The molecule has 0 aliphatic carbocycles. The Morgan fingerprint density at radius 3 is 2.31 bits per heavy atom. The standard InChI is InChI=1S/C50H58ClN9O5/c1-50(2,38-20-33(24-52)21-39(51)22-38)37-8-11-44(12-9-37)65-32-40-13-16-54-49(55-40)60-27-35-25-58(26-36(35)28-60)41-14-17-57(18-15-41)43-29-59(30-43)42-10-7-34(31-62)45(23-42)48(64)56(4)46(6-5-19-61)47(63)53-3/h7-13,16,19-23,31,35-36,41,43,46H,5-6,14-15,17-18,25-30,32H2,1-4H3,(H,53,63). The zero-order valence-electron chi connectivity index (χ0n) is 37.7. The van der Waals surface area contributed by atoms with Crippen LogP contribution in [0.25, 0.3) is 0 Å². The van der Waals surface area contributed by atoms with Crippen LogP contribution in [-0.2, 0) is 21.6 Å². The highest BCUT2D eigenvalue weighted by Gasteiger charge is 2.44. The molecule has 0 spiro atoms. The van der Waals surface area contributed by atoms with Crippen LogP contribution in [0.5, 0.6) is 5.75 Å². The summed E-state index contributed by atoms with van der Waals surface area (Å²) in [6.07, 6.45) is 5.87. The second-order valence-electron chi connectivity index (χ2n) is 18.5. The number of piperidine rings is 1. The van der Waals surface area contributed by atoms with Crippen molar-refractivity contribution in [3.8, 4) is 11.8 Å². The monoisotopic (exact) mass is 899 g/mol. The maximum absolute atomic E-state index is 13.6. The van der Waals surface area contributed by atoms with Gasteiger partial charge in [0.15, 0.2) is 6.29 Å². The fourth-order valence-corrected chi connectivity index (χ4v) is 10.4. The number of nitriles is 1. The highest BCUT2D eigenvalue weighted by Crippen LogP contribution is 2.37. The Bertz CT molecular complexity index is 2410. The summed E-state index contributed by atoms with van der Waals surface area (Å²) in [6.45, 7) is 12.5. The average molecular weight is 901 g/mol. The van der Waals surface area contributed by atoms with Gasteiger partial charge < -0.3 is 29.5 Å². The van der Waals surface area contributed by atoms with Gasteiger partial charge in [-0.05, 0) is 96.8 Å². The number of aromatic nitrogens is 2. The van der Waals surface area contributed by atoms with E-state index in [9.17, 15) is 24.4 Å². The Morgan fingerprint density at radius 2 is 1.65 bits per heavy atom. The van der Waals surface area contributed by atoms with Gasteiger partial charge in [0.25, 0.3) is 5.91 Å². The van der Waals surface area contributed by atoms with E-state index in [1.807, 2.05) is 42.6 Å². The van der Waals surface area contributed by atoms with Crippen LogP contribution in [-0.4, -0.2) is 134 Å². The molecule has 0 radical (unpaired) electrons. The molecular weight excluding hydrogens is 842 g/mol. The van der Waals surface area contributed by atoms with Crippen molar-refractivity contribution in [3.05, 3.63) is 111 Å². The van der Waals surface area contributed by atoms with Crippen molar-refractivity contribution in [2.24, 2.45) is 11.8 Å². The van der Waals surface area contributed by atoms with Gasteiger partial charge in [-0.15, -0.1) is 0 Å². The number of anilines is 2. The van der Waals surface area contributed by atoms with Gasteiger partial charge in [-0.2, -0.15) is 5.26 Å². The smallest absolute Gasteiger partial charge is 0.255 e. The van der Waals surface area contributed by atoms with Crippen LogP contribution in [0.2, 0.25) is 5.02 Å². The third kappa shape index (κ3) is 9.88. The number of nitrogens with zero attached hydrogens (tertiary/aromatic N) is 8. The van der Waals surface area contributed by atoms with Crippen molar-refractivity contribution < 1.29 is 23.9 Å². The first-order chi connectivity index (χ1) is 31.4. The quantitative estimate of drug-likeness (QED) is 0.139. The fourth-order valence-electron chi connectivity index (χ4n) is 10.2. The van der Waals surface area contributed by atoms with Gasteiger partial charge in [0.2, 0.25) is 11.9 Å². The maximum Gasteiger partial charge on any atom is 0.255 e. The number of hydrogen-bond donors (Lipinski definition) is 1. The number of carbonyl (C=O) groups excluding carboxylic acids is 4. The number of halogens is 1. The largest absolute Gasteiger partial charge is 0.487 e. The lowest BCUT2D eigenvalue weighted by Gasteiger charge is -2.49. The summed E-state index contributed by atoms with van der Waals surface area (Å²) in [5.74, 6) is 1.91.